The van der Waals surface area contributed by atoms with E-state index in [0.717, 1.165) is 38.6 Å². The Kier molecular flexibility index (Phi) is 6.26. The molecular formula is C15H29N3O2. The zero-order valence-corrected chi connectivity index (χ0v) is 12.7. The van der Waals surface area contributed by atoms with Crippen LogP contribution in [-0.2, 0) is 9.53 Å². The van der Waals surface area contributed by atoms with Gasteiger partial charge >= 0.3 is 0 Å². The second-order valence-corrected chi connectivity index (χ2v) is 6.05. The van der Waals surface area contributed by atoms with Gasteiger partial charge in [0, 0.05) is 19.6 Å². The fraction of sp³-hybridized carbons (Fsp3) is 0.933. The van der Waals surface area contributed by atoms with Crippen molar-refractivity contribution in [3.8, 4) is 0 Å². The molecule has 1 atom stereocenters. The summed E-state index contributed by atoms with van der Waals surface area (Å²) in [6, 6.07) is -0.0494. The second kappa shape index (κ2) is 7.96. The van der Waals surface area contributed by atoms with Gasteiger partial charge in [-0.2, -0.15) is 0 Å². The van der Waals surface area contributed by atoms with Crippen LogP contribution in [0.3, 0.4) is 0 Å². The van der Waals surface area contributed by atoms with Gasteiger partial charge < -0.3 is 15.4 Å². The summed E-state index contributed by atoms with van der Waals surface area (Å²) in [5.74, 6) is 0.736. The number of hydrogen-bond acceptors (Lipinski definition) is 4. The maximum Gasteiger partial charge on any atom is 0.234 e. The third kappa shape index (κ3) is 4.43. The summed E-state index contributed by atoms with van der Waals surface area (Å²) in [5.41, 5.74) is 5.31. The lowest BCUT2D eigenvalue weighted by atomic mass is 9.94. The van der Waals surface area contributed by atoms with Crippen LogP contribution in [0.5, 0.6) is 0 Å². The van der Waals surface area contributed by atoms with Gasteiger partial charge in [-0.1, -0.05) is 13.3 Å². The first-order valence-corrected chi connectivity index (χ1v) is 8.04. The number of rotatable bonds is 8. The second-order valence-electron chi connectivity index (χ2n) is 6.05. The largest absolute Gasteiger partial charge is 0.379 e. The molecule has 20 heavy (non-hydrogen) atoms. The number of piperidine rings is 1. The number of carbonyl (C=O) groups is 1. The molecule has 2 aliphatic heterocycles. The summed E-state index contributed by atoms with van der Waals surface area (Å²) >= 11 is 0. The summed E-state index contributed by atoms with van der Waals surface area (Å²) in [6.45, 7) is 9.07. The smallest absolute Gasteiger partial charge is 0.234 e. The van der Waals surface area contributed by atoms with E-state index >= 15 is 0 Å². The molecule has 0 radical (unpaired) electrons. The molecule has 5 heteroatoms. The predicted octanol–water partition coefficient (Wildman–Crippen LogP) is 0.685. The average Bonchev–Trinajstić information content (AvgIpc) is 2.41. The topological polar surface area (TPSA) is 58.8 Å². The van der Waals surface area contributed by atoms with E-state index in [0.29, 0.717) is 6.61 Å². The fourth-order valence-corrected chi connectivity index (χ4v) is 3.13. The van der Waals surface area contributed by atoms with E-state index in [1.54, 1.807) is 0 Å². The van der Waals surface area contributed by atoms with Crippen LogP contribution in [0.15, 0.2) is 0 Å². The van der Waals surface area contributed by atoms with E-state index < -0.39 is 0 Å². The molecule has 1 amide bonds. The number of nitrogens with zero attached hydrogens (tertiary/aromatic N) is 2. The van der Waals surface area contributed by atoms with E-state index in [1.807, 2.05) is 0 Å². The molecule has 2 aliphatic rings. The van der Waals surface area contributed by atoms with Gasteiger partial charge in [0.05, 0.1) is 19.3 Å². The zero-order valence-electron chi connectivity index (χ0n) is 12.7. The minimum atomic E-state index is -0.199. The van der Waals surface area contributed by atoms with Gasteiger partial charge in [0.2, 0.25) is 5.91 Å². The molecule has 0 unspecified atom stereocenters. The highest BCUT2D eigenvalue weighted by Gasteiger charge is 2.31. The Morgan fingerprint density at radius 2 is 1.85 bits per heavy atom. The Labute approximate surface area is 122 Å². The highest BCUT2D eigenvalue weighted by Crippen LogP contribution is 2.19. The van der Waals surface area contributed by atoms with Gasteiger partial charge in [0.1, 0.15) is 0 Å². The van der Waals surface area contributed by atoms with Crippen LogP contribution in [-0.4, -0.2) is 67.7 Å². The van der Waals surface area contributed by atoms with Crippen molar-refractivity contribution in [1.82, 2.24) is 9.80 Å². The molecule has 5 nitrogen and oxygen atoms in total. The van der Waals surface area contributed by atoms with Gasteiger partial charge in [-0.25, -0.2) is 0 Å². The number of amides is 1. The van der Waals surface area contributed by atoms with E-state index in [-0.39, 0.29) is 11.9 Å². The number of nitrogens with two attached hydrogens (primary N) is 1. The molecule has 2 heterocycles. The number of primary amides is 1. The third-order valence-electron chi connectivity index (χ3n) is 4.82. The van der Waals surface area contributed by atoms with E-state index in [4.69, 9.17) is 10.5 Å². The van der Waals surface area contributed by atoms with Crippen molar-refractivity contribution in [2.45, 2.75) is 38.6 Å². The molecule has 2 saturated heterocycles. The molecule has 0 aromatic rings. The van der Waals surface area contributed by atoms with Crippen molar-refractivity contribution < 1.29 is 9.53 Å². The molecule has 0 saturated carbocycles. The lowest BCUT2D eigenvalue weighted by molar-refractivity contribution is -0.128. The summed E-state index contributed by atoms with van der Waals surface area (Å²) in [4.78, 5) is 15.7. The Hall–Kier alpha value is -0.650. The average molecular weight is 283 g/mol. The normalized spacial score (nSPS) is 25.6. The summed E-state index contributed by atoms with van der Waals surface area (Å²) in [5, 5.41) is 0. The van der Waals surface area contributed by atoms with Gasteiger partial charge in [-0.3, -0.25) is 9.69 Å². The van der Waals surface area contributed by atoms with E-state index in [1.165, 1.54) is 32.4 Å². The molecule has 0 aliphatic carbocycles. The van der Waals surface area contributed by atoms with Crippen molar-refractivity contribution in [2.75, 3.05) is 45.9 Å². The van der Waals surface area contributed by atoms with Crippen molar-refractivity contribution in [3.05, 3.63) is 0 Å². The quantitative estimate of drug-likeness (QED) is 0.666. The summed E-state index contributed by atoms with van der Waals surface area (Å²) < 4.78 is 5.69. The van der Waals surface area contributed by atoms with Gasteiger partial charge in [-0.05, 0) is 38.3 Å². The van der Waals surface area contributed by atoms with Crippen LogP contribution < -0.4 is 5.73 Å². The molecule has 2 rings (SSSR count). The summed E-state index contributed by atoms with van der Waals surface area (Å²) in [7, 11) is 0. The first-order valence-electron chi connectivity index (χ1n) is 8.04. The van der Waals surface area contributed by atoms with Crippen molar-refractivity contribution in [3.63, 3.8) is 0 Å². The number of ether oxygens (including phenoxy) is 1. The van der Waals surface area contributed by atoms with Crippen LogP contribution in [0, 0.1) is 5.92 Å². The lowest BCUT2D eigenvalue weighted by Crippen LogP contribution is -2.55. The maximum absolute atomic E-state index is 11.1. The molecule has 116 valence electrons. The first-order chi connectivity index (χ1) is 9.70. The zero-order chi connectivity index (χ0) is 14.4. The van der Waals surface area contributed by atoms with Gasteiger partial charge in [0.15, 0.2) is 0 Å². The summed E-state index contributed by atoms with van der Waals surface area (Å²) in [6.07, 6.45) is 4.90. The van der Waals surface area contributed by atoms with Crippen molar-refractivity contribution >= 4 is 5.91 Å². The van der Waals surface area contributed by atoms with E-state index in [9.17, 15) is 4.79 Å². The standard InChI is InChI=1S/C15H29N3O2/c1-2-13-3-6-17(7-4-13)9-11-20-12-10-18-8-5-14(18)15(16)19/h13-14H,2-12H2,1H3,(H2,16,19)/t14-/m0/s1. The minimum Gasteiger partial charge on any atom is -0.379 e. The monoisotopic (exact) mass is 283 g/mol. The number of carbonyl (C=O) groups excluding carboxylic acids is 1. The Bertz CT molecular complexity index is 303. The molecule has 0 aromatic carbocycles. The van der Waals surface area contributed by atoms with Crippen LogP contribution in [0.2, 0.25) is 0 Å². The fourth-order valence-electron chi connectivity index (χ4n) is 3.13. The SMILES string of the molecule is CCC1CCN(CCOCCN2CC[C@H]2C(N)=O)CC1. The maximum atomic E-state index is 11.1. The number of hydrogen-bond donors (Lipinski definition) is 1. The molecule has 0 spiro atoms. The highest BCUT2D eigenvalue weighted by molar-refractivity contribution is 5.80. The molecular weight excluding hydrogens is 254 g/mol. The predicted molar refractivity (Wildman–Crippen MR) is 79.4 cm³/mol. The number of likely N-dealkylation sites (tertiary alicyclic amines) is 2. The van der Waals surface area contributed by atoms with Crippen LogP contribution in [0.4, 0.5) is 0 Å². The minimum absolute atomic E-state index is 0.0494. The van der Waals surface area contributed by atoms with Gasteiger partial charge in [0.25, 0.3) is 0 Å². The third-order valence-corrected chi connectivity index (χ3v) is 4.82. The Morgan fingerprint density at radius 1 is 1.15 bits per heavy atom. The van der Waals surface area contributed by atoms with Crippen molar-refractivity contribution in [1.29, 1.82) is 0 Å². The van der Waals surface area contributed by atoms with Crippen molar-refractivity contribution in [2.24, 2.45) is 11.7 Å². The highest BCUT2D eigenvalue weighted by atomic mass is 16.5. The lowest BCUT2D eigenvalue weighted by Gasteiger charge is -2.38. The van der Waals surface area contributed by atoms with Gasteiger partial charge in [-0.15, -0.1) is 0 Å². The molecule has 0 aromatic heterocycles. The van der Waals surface area contributed by atoms with Crippen LogP contribution in [0.25, 0.3) is 0 Å². The van der Waals surface area contributed by atoms with E-state index in [2.05, 4.69) is 16.7 Å². The first kappa shape index (κ1) is 15.7. The molecule has 2 fully saturated rings. The van der Waals surface area contributed by atoms with Crippen LogP contribution >= 0.6 is 0 Å². The Morgan fingerprint density at radius 3 is 2.40 bits per heavy atom. The Balaban J connectivity index is 1.47. The molecule has 2 N–H and O–H groups in total. The van der Waals surface area contributed by atoms with Crippen LogP contribution in [0.1, 0.15) is 32.6 Å². The molecule has 0 bridgehead atoms.